The Labute approximate surface area is 161 Å². The van der Waals surface area contributed by atoms with Crippen molar-refractivity contribution in [3.63, 3.8) is 0 Å². The Kier molecular flexibility index (Phi) is 6.03. The summed E-state index contributed by atoms with van der Waals surface area (Å²) in [6.07, 6.45) is 3.41. The molecule has 0 aliphatic carbocycles. The van der Waals surface area contributed by atoms with Gasteiger partial charge in [-0.05, 0) is 49.2 Å². The van der Waals surface area contributed by atoms with Gasteiger partial charge < -0.3 is 5.32 Å². The second-order valence-electron chi connectivity index (χ2n) is 6.35. The SMILES string of the molecule is O=C(Nc1ccc(S(=O)(=O)NC2=NCCCCC2)cc1)c1ccc(F)cc1F. The molecule has 2 N–H and O–H groups in total. The Morgan fingerprint density at radius 3 is 2.46 bits per heavy atom. The lowest BCUT2D eigenvalue weighted by Crippen LogP contribution is -2.30. The molecule has 2 aromatic rings. The number of amidine groups is 1. The molecule has 0 saturated heterocycles. The summed E-state index contributed by atoms with van der Waals surface area (Å²) in [5.74, 6) is -2.08. The monoisotopic (exact) mass is 407 g/mol. The maximum Gasteiger partial charge on any atom is 0.262 e. The summed E-state index contributed by atoms with van der Waals surface area (Å²) >= 11 is 0. The Morgan fingerprint density at radius 1 is 1.00 bits per heavy atom. The summed E-state index contributed by atoms with van der Waals surface area (Å²) in [5.41, 5.74) is -0.0365. The van der Waals surface area contributed by atoms with Crippen LogP contribution in [0.5, 0.6) is 0 Å². The first-order valence-corrected chi connectivity index (χ1v) is 10.3. The lowest BCUT2D eigenvalue weighted by Gasteiger charge is -2.11. The molecule has 0 saturated carbocycles. The zero-order valence-corrected chi connectivity index (χ0v) is 15.7. The number of rotatable bonds is 4. The Bertz CT molecular complexity index is 1010. The molecule has 148 valence electrons. The molecule has 0 aromatic heterocycles. The van der Waals surface area contributed by atoms with Crippen molar-refractivity contribution >= 4 is 27.5 Å². The van der Waals surface area contributed by atoms with E-state index in [2.05, 4.69) is 15.0 Å². The second kappa shape index (κ2) is 8.47. The Hall–Kier alpha value is -2.81. The van der Waals surface area contributed by atoms with Crippen molar-refractivity contribution in [2.45, 2.75) is 30.6 Å². The van der Waals surface area contributed by atoms with Crippen LogP contribution >= 0.6 is 0 Å². The normalized spacial score (nSPS) is 14.7. The van der Waals surface area contributed by atoms with E-state index in [1.165, 1.54) is 24.3 Å². The molecule has 28 heavy (non-hydrogen) atoms. The number of sulfonamides is 1. The second-order valence-corrected chi connectivity index (χ2v) is 8.03. The van der Waals surface area contributed by atoms with E-state index in [1.54, 1.807) is 0 Å². The first-order valence-electron chi connectivity index (χ1n) is 8.78. The fourth-order valence-corrected chi connectivity index (χ4v) is 3.85. The zero-order chi connectivity index (χ0) is 20.1. The van der Waals surface area contributed by atoms with Crippen LogP contribution in [-0.2, 0) is 10.0 Å². The molecule has 2 aromatic carbocycles. The van der Waals surface area contributed by atoms with Gasteiger partial charge in [-0.15, -0.1) is 0 Å². The maximum atomic E-state index is 13.7. The fourth-order valence-electron chi connectivity index (χ4n) is 2.76. The van der Waals surface area contributed by atoms with Crippen LogP contribution in [0, 0.1) is 11.6 Å². The first-order chi connectivity index (χ1) is 13.3. The number of aliphatic imine (C=N–C) groups is 1. The van der Waals surface area contributed by atoms with Crippen molar-refractivity contribution in [1.82, 2.24) is 4.72 Å². The molecular formula is C19H19F2N3O3S. The van der Waals surface area contributed by atoms with Gasteiger partial charge in [-0.25, -0.2) is 17.2 Å². The molecule has 3 rings (SSSR count). The van der Waals surface area contributed by atoms with Gasteiger partial charge in [0.05, 0.1) is 10.5 Å². The topological polar surface area (TPSA) is 87.6 Å². The van der Waals surface area contributed by atoms with Gasteiger partial charge in [0.15, 0.2) is 0 Å². The minimum Gasteiger partial charge on any atom is -0.322 e. The molecule has 0 fully saturated rings. The smallest absolute Gasteiger partial charge is 0.262 e. The molecule has 1 aliphatic heterocycles. The van der Waals surface area contributed by atoms with Crippen LogP contribution in [0.4, 0.5) is 14.5 Å². The van der Waals surface area contributed by atoms with E-state index in [4.69, 9.17) is 0 Å². The van der Waals surface area contributed by atoms with E-state index in [-0.39, 0.29) is 16.1 Å². The standard InChI is InChI=1S/C19H19F2N3O3S/c20-13-5-10-16(17(21)12-13)19(25)23-14-6-8-15(9-7-14)28(26,27)24-18-4-2-1-3-11-22-18/h5-10,12H,1-4,11H2,(H,22,24)(H,23,25). The van der Waals surface area contributed by atoms with Crippen molar-refractivity contribution in [3.8, 4) is 0 Å². The lowest BCUT2D eigenvalue weighted by atomic mass is 10.2. The van der Waals surface area contributed by atoms with E-state index < -0.39 is 27.6 Å². The van der Waals surface area contributed by atoms with Crippen LogP contribution in [0.2, 0.25) is 0 Å². The highest BCUT2D eigenvalue weighted by Gasteiger charge is 2.18. The molecule has 0 unspecified atom stereocenters. The van der Waals surface area contributed by atoms with Gasteiger partial charge in [0, 0.05) is 24.7 Å². The van der Waals surface area contributed by atoms with Gasteiger partial charge in [0.1, 0.15) is 17.5 Å². The number of carbonyl (C=O) groups excluding carboxylic acids is 1. The number of nitrogens with one attached hydrogen (secondary N) is 2. The van der Waals surface area contributed by atoms with E-state index in [0.29, 0.717) is 24.9 Å². The van der Waals surface area contributed by atoms with Gasteiger partial charge >= 0.3 is 0 Å². The van der Waals surface area contributed by atoms with Crippen molar-refractivity contribution < 1.29 is 22.0 Å². The van der Waals surface area contributed by atoms with Crippen molar-refractivity contribution in [3.05, 3.63) is 59.7 Å². The summed E-state index contributed by atoms with van der Waals surface area (Å²) < 4.78 is 54.1. The summed E-state index contributed by atoms with van der Waals surface area (Å²) in [4.78, 5) is 16.4. The first kappa shape index (κ1) is 19.9. The molecule has 0 radical (unpaired) electrons. The molecule has 0 atom stereocenters. The number of anilines is 1. The van der Waals surface area contributed by atoms with Crippen LogP contribution in [-0.4, -0.2) is 26.7 Å². The molecule has 1 heterocycles. The van der Waals surface area contributed by atoms with E-state index in [9.17, 15) is 22.0 Å². The van der Waals surface area contributed by atoms with Crippen LogP contribution in [0.25, 0.3) is 0 Å². The third kappa shape index (κ3) is 4.92. The van der Waals surface area contributed by atoms with Gasteiger partial charge in [-0.3, -0.25) is 14.5 Å². The van der Waals surface area contributed by atoms with Gasteiger partial charge in [0.25, 0.3) is 15.9 Å². The van der Waals surface area contributed by atoms with Crippen molar-refractivity contribution in [2.75, 3.05) is 11.9 Å². The summed E-state index contributed by atoms with van der Waals surface area (Å²) in [6, 6.07) is 8.08. The highest BCUT2D eigenvalue weighted by atomic mass is 32.2. The largest absolute Gasteiger partial charge is 0.322 e. The molecule has 0 bridgehead atoms. The van der Waals surface area contributed by atoms with Gasteiger partial charge in [-0.1, -0.05) is 6.42 Å². The van der Waals surface area contributed by atoms with E-state index in [0.717, 1.165) is 31.4 Å². The highest BCUT2D eigenvalue weighted by Crippen LogP contribution is 2.17. The average molecular weight is 407 g/mol. The highest BCUT2D eigenvalue weighted by molar-refractivity contribution is 7.90. The third-order valence-corrected chi connectivity index (χ3v) is 5.62. The van der Waals surface area contributed by atoms with E-state index >= 15 is 0 Å². The molecule has 1 aliphatic rings. The number of hydrogen-bond donors (Lipinski definition) is 2. The molecule has 9 heteroatoms. The number of amides is 1. The number of nitrogens with zero attached hydrogens (tertiary/aromatic N) is 1. The number of carbonyl (C=O) groups is 1. The summed E-state index contributed by atoms with van der Waals surface area (Å²) in [6.45, 7) is 0.600. The number of benzene rings is 2. The van der Waals surface area contributed by atoms with Crippen LogP contribution in [0.1, 0.15) is 36.0 Å². The zero-order valence-electron chi connectivity index (χ0n) is 14.9. The third-order valence-electron chi connectivity index (χ3n) is 4.22. The Balaban J connectivity index is 1.70. The van der Waals surface area contributed by atoms with Crippen LogP contribution in [0.3, 0.4) is 0 Å². The average Bonchev–Trinajstić information content (AvgIpc) is 2.90. The minimum absolute atomic E-state index is 0.0189. The summed E-state index contributed by atoms with van der Waals surface area (Å²) in [7, 11) is -3.78. The van der Waals surface area contributed by atoms with Crippen molar-refractivity contribution in [2.24, 2.45) is 4.99 Å². The molecular weight excluding hydrogens is 388 g/mol. The fraction of sp³-hybridized carbons (Fsp3) is 0.263. The van der Waals surface area contributed by atoms with Crippen molar-refractivity contribution in [1.29, 1.82) is 0 Å². The van der Waals surface area contributed by atoms with Gasteiger partial charge in [-0.2, -0.15) is 0 Å². The molecule has 1 amide bonds. The maximum absolute atomic E-state index is 13.7. The number of hydrogen-bond acceptors (Lipinski definition) is 4. The van der Waals surface area contributed by atoms with Crippen LogP contribution in [0.15, 0.2) is 52.4 Å². The quantitative estimate of drug-likeness (QED) is 0.814. The number of halogens is 2. The summed E-state index contributed by atoms with van der Waals surface area (Å²) in [5, 5.41) is 2.45. The molecule has 0 spiro atoms. The van der Waals surface area contributed by atoms with Crippen LogP contribution < -0.4 is 10.0 Å². The molecule has 6 nitrogen and oxygen atoms in total. The minimum atomic E-state index is -3.78. The predicted molar refractivity (Wildman–Crippen MR) is 102 cm³/mol. The lowest BCUT2D eigenvalue weighted by molar-refractivity contribution is 0.102. The van der Waals surface area contributed by atoms with Gasteiger partial charge in [0.2, 0.25) is 0 Å². The van der Waals surface area contributed by atoms with E-state index in [1.807, 2.05) is 0 Å². The predicted octanol–water partition coefficient (Wildman–Crippen LogP) is 3.47. The Morgan fingerprint density at radius 2 is 1.75 bits per heavy atom.